The second-order valence-electron chi connectivity index (χ2n) is 2.62. The van der Waals surface area contributed by atoms with Gasteiger partial charge in [0.25, 0.3) is 0 Å². The summed E-state index contributed by atoms with van der Waals surface area (Å²) in [7, 11) is -1.22. The van der Waals surface area contributed by atoms with Crippen LogP contribution in [0.2, 0.25) is 19.6 Å². The van der Waals surface area contributed by atoms with E-state index in [0.717, 1.165) is 0 Å². The van der Waals surface area contributed by atoms with E-state index >= 15 is 0 Å². The second kappa shape index (κ2) is 4.80. The summed E-state index contributed by atoms with van der Waals surface area (Å²) in [4.78, 5) is 0. The van der Waals surface area contributed by atoms with Crippen molar-refractivity contribution in [3.8, 4) is 17.4 Å². The zero-order valence-corrected chi connectivity index (χ0v) is 8.59. The summed E-state index contributed by atoms with van der Waals surface area (Å²) >= 11 is 0. The van der Waals surface area contributed by atoms with Gasteiger partial charge in [-0.2, -0.15) is 0 Å². The fourth-order valence-electron chi connectivity index (χ4n) is 0.219. The van der Waals surface area contributed by atoms with Gasteiger partial charge in [-0.3, -0.25) is 11.8 Å². The van der Waals surface area contributed by atoms with Crippen molar-refractivity contribution in [1.29, 1.82) is 0 Å². The number of hydrogen-bond donors (Lipinski definition) is 0. The molecule has 0 aromatic heterocycles. The maximum Gasteiger partial charge on any atom is 1.00 e. The van der Waals surface area contributed by atoms with Crippen LogP contribution >= 0.6 is 0 Å². The molecule has 1 radical (unpaired) electrons. The maximum absolute atomic E-state index is 6.48. The van der Waals surface area contributed by atoms with Gasteiger partial charge in [0.2, 0.25) is 0 Å². The van der Waals surface area contributed by atoms with E-state index in [1.807, 2.05) is 5.92 Å². The van der Waals surface area contributed by atoms with Crippen molar-refractivity contribution >= 4 is 8.07 Å². The molecule has 0 aliphatic carbocycles. The molecule has 0 spiro atoms. The SMILES string of the molecule is [C-]#CC#C[Si](C)(C)C.[Ru+]. The Labute approximate surface area is 71.2 Å². The van der Waals surface area contributed by atoms with Crippen LogP contribution in [0.15, 0.2) is 0 Å². The van der Waals surface area contributed by atoms with E-state index in [-0.39, 0.29) is 19.5 Å². The molecule has 0 saturated heterocycles. The molecule has 0 bridgehead atoms. The van der Waals surface area contributed by atoms with Crippen molar-refractivity contribution in [2.75, 3.05) is 0 Å². The molecule has 2 heteroatoms. The molecule has 0 saturated carbocycles. The van der Waals surface area contributed by atoms with Crippen molar-refractivity contribution in [3.63, 3.8) is 0 Å². The molecule has 0 N–H and O–H groups in total. The van der Waals surface area contributed by atoms with E-state index in [9.17, 15) is 0 Å². The number of rotatable bonds is 0. The van der Waals surface area contributed by atoms with Gasteiger partial charge in [0.05, 0.1) is 0 Å². The van der Waals surface area contributed by atoms with Crippen LogP contribution in [0.3, 0.4) is 0 Å². The van der Waals surface area contributed by atoms with Crippen LogP contribution in [-0.4, -0.2) is 8.07 Å². The van der Waals surface area contributed by atoms with Crippen molar-refractivity contribution in [3.05, 3.63) is 6.42 Å². The summed E-state index contributed by atoms with van der Waals surface area (Å²) in [5.74, 6) is 4.56. The minimum atomic E-state index is -1.22. The zero-order chi connectivity index (χ0) is 6.62. The second-order valence-corrected chi connectivity index (χ2v) is 7.38. The third-order valence-electron chi connectivity index (χ3n) is 0.500. The summed E-state index contributed by atoms with van der Waals surface area (Å²) in [6, 6.07) is 0. The van der Waals surface area contributed by atoms with Crippen molar-refractivity contribution in [2.45, 2.75) is 19.6 Å². The summed E-state index contributed by atoms with van der Waals surface area (Å²) in [5, 5.41) is 0. The molecular weight excluding hydrogens is 213 g/mol. The molecule has 0 nitrogen and oxygen atoms in total. The van der Waals surface area contributed by atoms with E-state index in [1.54, 1.807) is 0 Å². The van der Waals surface area contributed by atoms with Gasteiger partial charge in [-0.15, -0.1) is 0 Å². The Morgan fingerprint density at radius 2 is 1.67 bits per heavy atom. The predicted molar refractivity (Wildman–Crippen MR) is 38.3 cm³/mol. The van der Waals surface area contributed by atoms with Gasteiger partial charge >= 0.3 is 19.5 Å². The minimum Gasteiger partial charge on any atom is -0.358 e. The summed E-state index contributed by atoms with van der Waals surface area (Å²) in [6.07, 6.45) is 6.48. The van der Waals surface area contributed by atoms with Crippen LogP contribution in [0.25, 0.3) is 0 Å². The van der Waals surface area contributed by atoms with Gasteiger partial charge in [0.1, 0.15) is 8.07 Å². The predicted octanol–water partition coefficient (Wildman–Crippen LogP) is 1.45. The average Bonchev–Trinajstić information content (AvgIpc) is 1.59. The fourth-order valence-corrected chi connectivity index (χ4v) is 0.656. The monoisotopic (exact) mass is 223 g/mol. The summed E-state index contributed by atoms with van der Waals surface area (Å²) in [5.41, 5.74) is 2.96. The molecule has 0 aliphatic heterocycles. The molecular formula is C7H9RuSi. The first-order valence-electron chi connectivity index (χ1n) is 2.50. The smallest absolute Gasteiger partial charge is 0.358 e. The van der Waals surface area contributed by atoms with E-state index in [4.69, 9.17) is 6.42 Å². The summed E-state index contributed by atoms with van der Waals surface area (Å²) in [6.45, 7) is 6.41. The largest absolute Gasteiger partial charge is 1.00 e. The molecule has 0 amide bonds. The topological polar surface area (TPSA) is 0 Å². The van der Waals surface area contributed by atoms with Crippen molar-refractivity contribution in [2.24, 2.45) is 0 Å². The number of hydrogen-bond acceptors (Lipinski definition) is 0. The molecule has 0 rings (SSSR count). The van der Waals surface area contributed by atoms with E-state index in [0.29, 0.717) is 0 Å². The Hall–Kier alpha value is -0.0397. The quantitative estimate of drug-likeness (QED) is 0.331. The Bertz CT molecular complexity index is 160. The van der Waals surface area contributed by atoms with Crippen LogP contribution in [0.1, 0.15) is 0 Å². The fraction of sp³-hybridized carbons (Fsp3) is 0.429. The first kappa shape index (κ1) is 11.7. The molecule has 0 atom stereocenters. The van der Waals surface area contributed by atoms with E-state index in [1.165, 1.54) is 0 Å². The molecule has 9 heavy (non-hydrogen) atoms. The van der Waals surface area contributed by atoms with Gasteiger partial charge in [-0.1, -0.05) is 19.6 Å². The third-order valence-corrected chi connectivity index (χ3v) is 1.38. The van der Waals surface area contributed by atoms with Crippen LogP contribution < -0.4 is 0 Å². The standard InChI is InChI=1S/C7H9Si.Ru/c1-5-6-7-8(2,3)4;/h2-4H3;/q-1;+1. The van der Waals surface area contributed by atoms with Crippen LogP contribution in [0.4, 0.5) is 0 Å². The third kappa shape index (κ3) is 11.5. The average molecular weight is 222 g/mol. The summed E-state index contributed by atoms with van der Waals surface area (Å²) < 4.78 is 0. The van der Waals surface area contributed by atoms with Crippen LogP contribution in [-0.2, 0) is 19.5 Å². The molecule has 49 valence electrons. The Balaban J connectivity index is 0. The minimum absolute atomic E-state index is 0. The molecule has 0 heterocycles. The van der Waals surface area contributed by atoms with Gasteiger partial charge < -0.3 is 6.42 Å². The molecule has 0 fully saturated rings. The van der Waals surface area contributed by atoms with Gasteiger partial charge in [0.15, 0.2) is 0 Å². The zero-order valence-electron chi connectivity index (χ0n) is 5.85. The molecule has 0 aliphatic rings. The first-order chi connectivity index (χ1) is 3.56. The Morgan fingerprint density at radius 1 is 1.22 bits per heavy atom. The van der Waals surface area contributed by atoms with Gasteiger partial charge in [-0.05, 0) is 0 Å². The molecule has 0 aromatic carbocycles. The van der Waals surface area contributed by atoms with Crippen molar-refractivity contribution < 1.29 is 19.5 Å². The maximum atomic E-state index is 6.48. The Kier molecular flexibility index (Phi) is 6.25. The molecule has 0 aromatic rings. The van der Waals surface area contributed by atoms with Crippen molar-refractivity contribution in [1.82, 2.24) is 0 Å². The Morgan fingerprint density at radius 3 is 1.78 bits per heavy atom. The normalized spacial score (nSPS) is 7.78. The van der Waals surface area contributed by atoms with Gasteiger partial charge in [0, 0.05) is 0 Å². The first-order valence-corrected chi connectivity index (χ1v) is 6.00. The van der Waals surface area contributed by atoms with E-state index in [2.05, 4.69) is 31.1 Å². The van der Waals surface area contributed by atoms with Crippen LogP contribution in [0.5, 0.6) is 0 Å². The van der Waals surface area contributed by atoms with Crippen LogP contribution in [0, 0.1) is 23.8 Å². The van der Waals surface area contributed by atoms with E-state index < -0.39 is 8.07 Å². The molecule has 0 unspecified atom stereocenters. The van der Waals surface area contributed by atoms with Gasteiger partial charge in [-0.25, -0.2) is 5.54 Å².